The Hall–Kier alpha value is -2.49. The summed E-state index contributed by atoms with van der Waals surface area (Å²) in [6, 6.07) is 10.6. The van der Waals surface area contributed by atoms with Gasteiger partial charge in [-0.25, -0.2) is 8.42 Å². The number of anilines is 1. The van der Waals surface area contributed by atoms with Crippen LogP contribution in [-0.4, -0.2) is 56.6 Å². The van der Waals surface area contributed by atoms with Gasteiger partial charge in [0, 0.05) is 17.1 Å². The van der Waals surface area contributed by atoms with Crippen molar-refractivity contribution in [1.29, 1.82) is 0 Å². The van der Waals surface area contributed by atoms with Crippen LogP contribution in [0.15, 0.2) is 42.5 Å². The first kappa shape index (κ1) is 29.7. The Kier molecular flexibility index (Phi) is 10.0. The van der Waals surface area contributed by atoms with E-state index in [2.05, 4.69) is 5.32 Å². The summed E-state index contributed by atoms with van der Waals surface area (Å²) in [6.45, 7) is 6.85. The third-order valence-corrected chi connectivity index (χ3v) is 6.89. The maximum absolute atomic E-state index is 13.7. The average molecular weight is 559 g/mol. The first-order valence-electron chi connectivity index (χ1n) is 11.3. The number of carbonyl (C=O) groups excluding carboxylic acids is 2. The van der Waals surface area contributed by atoms with E-state index in [1.807, 2.05) is 26.8 Å². The van der Waals surface area contributed by atoms with E-state index in [1.54, 1.807) is 25.1 Å². The molecule has 2 aromatic rings. The third-order valence-electron chi connectivity index (χ3n) is 5.23. The van der Waals surface area contributed by atoms with E-state index in [0.717, 1.165) is 16.1 Å². The average Bonchev–Trinajstić information content (AvgIpc) is 2.76. The van der Waals surface area contributed by atoms with E-state index in [4.69, 9.17) is 27.9 Å². The highest BCUT2D eigenvalue weighted by atomic mass is 35.5. The summed E-state index contributed by atoms with van der Waals surface area (Å²) in [5.41, 5.74) is 0.315. The molecule has 2 rings (SSSR count). The van der Waals surface area contributed by atoms with Crippen molar-refractivity contribution in [3.63, 3.8) is 0 Å². The van der Waals surface area contributed by atoms with E-state index >= 15 is 0 Å². The van der Waals surface area contributed by atoms with Crippen LogP contribution in [0.5, 0.6) is 5.75 Å². The molecule has 0 aliphatic carbocycles. The van der Waals surface area contributed by atoms with Gasteiger partial charge in [-0.05, 0) is 63.1 Å². The number of nitrogens with zero attached hydrogens (tertiary/aromatic N) is 2. The van der Waals surface area contributed by atoms with Gasteiger partial charge in [0.1, 0.15) is 18.3 Å². The first-order valence-corrected chi connectivity index (χ1v) is 13.9. The molecule has 0 aromatic heterocycles. The molecule has 0 bridgehead atoms. The molecule has 1 atom stereocenters. The molecular weight excluding hydrogens is 525 g/mol. The van der Waals surface area contributed by atoms with Gasteiger partial charge in [-0.1, -0.05) is 42.3 Å². The Bertz CT molecular complexity index is 1200. The Balaban J connectivity index is 2.51. The maximum atomic E-state index is 13.7. The van der Waals surface area contributed by atoms with Gasteiger partial charge in [-0.2, -0.15) is 0 Å². The zero-order valence-electron chi connectivity index (χ0n) is 21.3. The molecule has 0 aliphatic rings. The normalized spacial score (nSPS) is 12.6. The van der Waals surface area contributed by atoms with Crippen molar-refractivity contribution in [3.8, 4) is 5.75 Å². The van der Waals surface area contributed by atoms with Crippen LogP contribution in [0.25, 0.3) is 0 Å². The lowest BCUT2D eigenvalue weighted by molar-refractivity contribution is -0.141. The summed E-state index contributed by atoms with van der Waals surface area (Å²) in [6.07, 6.45) is 1.30. The monoisotopic (exact) mass is 557 g/mol. The van der Waals surface area contributed by atoms with Crippen molar-refractivity contribution in [3.05, 3.63) is 58.1 Å². The van der Waals surface area contributed by atoms with Crippen molar-refractivity contribution in [2.24, 2.45) is 0 Å². The summed E-state index contributed by atoms with van der Waals surface area (Å²) >= 11 is 12.2. The van der Waals surface area contributed by atoms with Gasteiger partial charge in [0.15, 0.2) is 0 Å². The summed E-state index contributed by atoms with van der Waals surface area (Å²) < 4.78 is 31.6. The summed E-state index contributed by atoms with van der Waals surface area (Å²) in [5.74, 6) is -0.306. The minimum Gasteiger partial charge on any atom is -0.497 e. The Morgan fingerprint density at radius 3 is 2.31 bits per heavy atom. The van der Waals surface area contributed by atoms with E-state index in [9.17, 15) is 18.0 Å². The van der Waals surface area contributed by atoms with Crippen molar-refractivity contribution in [1.82, 2.24) is 10.2 Å². The van der Waals surface area contributed by atoms with Crippen molar-refractivity contribution in [2.75, 3.05) is 24.2 Å². The molecule has 0 saturated heterocycles. The quantitative estimate of drug-likeness (QED) is 0.464. The SMILES string of the molecule is CC[C@@H](C(=O)NC(C)(C)C)N(Cc1cccc(OC)c1)C(=O)CN(c1ccc(Cl)cc1Cl)S(C)(=O)=O. The number of rotatable bonds is 10. The fraction of sp³-hybridized carbons (Fsp3) is 0.440. The Labute approximate surface area is 223 Å². The molecule has 2 amide bonds. The van der Waals surface area contributed by atoms with E-state index in [1.165, 1.54) is 30.2 Å². The fourth-order valence-corrected chi connectivity index (χ4v) is 5.04. The topological polar surface area (TPSA) is 96.0 Å². The van der Waals surface area contributed by atoms with E-state index in [0.29, 0.717) is 17.2 Å². The van der Waals surface area contributed by atoms with Crippen molar-refractivity contribution >= 4 is 50.7 Å². The number of amides is 2. The molecule has 0 fully saturated rings. The number of benzene rings is 2. The van der Waals surface area contributed by atoms with E-state index in [-0.39, 0.29) is 23.2 Å². The second-order valence-corrected chi connectivity index (χ2v) is 12.2. The number of methoxy groups -OCH3 is 1. The predicted molar refractivity (Wildman–Crippen MR) is 144 cm³/mol. The number of hydrogen-bond acceptors (Lipinski definition) is 5. The van der Waals surface area contributed by atoms with Crippen LogP contribution in [0.2, 0.25) is 10.0 Å². The van der Waals surface area contributed by atoms with Crippen LogP contribution >= 0.6 is 23.2 Å². The van der Waals surface area contributed by atoms with Crippen molar-refractivity contribution in [2.45, 2.75) is 52.2 Å². The molecule has 1 N–H and O–H groups in total. The lowest BCUT2D eigenvalue weighted by Gasteiger charge is -2.34. The molecule has 2 aromatic carbocycles. The van der Waals surface area contributed by atoms with Gasteiger partial charge in [0.05, 0.1) is 24.1 Å². The second kappa shape index (κ2) is 12.2. The summed E-state index contributed by atoms with van der Waals surface area (Å²) in [4.78, 5) is 28.3. The van der Waals surface area contributed by atoms with Gasteiger partial charge in [0.2, 0.25) is 21.8 Å². The highest BCUT2D eigenvalue weighted by Crippen LogP contribution is 2.30. The number of sulfonamides is 1. The minimum absolute atomic E-state index is 0.0675. The summed E-state index contributed by atoms with van der Waals surface area (Å²) in [7, 11) is -2.37. The van der Waals surface area contributed by atoms with Gasteiger partial charge in [-0.15, -0.1) is 0 Å². The van der Waals surface area contributed by atoms with Crippen LogP contribution in [0.1, 0.15) is 39.7 Å². The smallest absolute Gasteiger partial charge is 0.244 e. The minimum atomic E-state index is -3.91. The molecule has 0 unspecified atom stereocenters. The molecule has 36 heavy (non-hydrogen) atoms. The Morgan fingerprint density at radius 1 is 1.11 bits per heavy atom. The molecule has 0 saturated carbocycles. The largest absolute Gasteiger partial charge is 0.497 e. The highest BCUT2D eigenvalue weighted by Gasteiger charge is 2.33. The molecule has 0 heterocycles. The maximum Gasteiger partial charge on any atom is 0.244 e. The predicted octanol–water partition coefficient (Wildman–Crippen LogP) is 4.49. The van der Waals surface area contributed by atoms with Gasteiger partial charge < -0.3 is 15.0 Å². The molecule has 8 nitrogen and oxygen atoms in total. The molecule has 0 spiro atoms. The highest BCUT2D eigenvalue weighted by molar-refractivity contribution is 7.92. The van der Waals surface area contributed by atoms with Gasteiger partial charge in [0.25, 0.3) is 0 Å². The lowest BCUT2D eigenvalue weighted by atomic mass is 10.1. The second-order valence-electron chi connectivity index (χ2n) is 9.40. The number of nitrogens with one attached hydrogen (secondary N) is 1. The van der Waals surface area contributed by atoms with Gasteiger partial charge in [-0.3, -0.25) is 13.9 Å². The molecule has 198 valence electrons. The summed E-state index contributed by atoms with van der Waals surface area (Å²) in [5, 5.41) is 3.33. The van der Waals surface area contributed by atoms with Crippen LogP contribution in [0.4, 0.5) is 5.69 Å². The van der Waals surface area contributed by atoms with Crippen LogP contribution in [0, 0.1) is 0 Å². The molecule has 11 heteroatoms. The molecular formula is C25H33Cl2N3O5S. The number of ether oxygens (including phenoxy) is 1. The molecule has 0 radical (unpaired) electrons. The van der Waals surface area contributed by atoms with Crippen LogP contribution in [0.3, 0.4) is 0 Å². The Morgan fingerprint density at radius 2 is 1.78 bits per heavy atom. The van der Waals surface area contributed by atoms with E-state index < -0.39 is 34.1 Å². The third kappa shape index (κ3) is 8.28. The van der Waals surface area contributed by atoms with Gasteiger partial charge >= 0.3 is 0 Å². The van der Waals surface area contributed by atoms with Crippen molar-refractivity contribution < 1.29 is 22.7 Å². The van der Waals surface area contributed by atoms with Crippen LogP contribution in [-0.2, 0) is 26.2 Å². The van der Waals surface area contributed by atoms with Crippen LogP contribution < -0.4 is 14.4 Å². The number of halogens is 2. The molecule has 0 aliphatic heterocycles. The first-order chi connectivity index (χ1) is 16.7. The zero-order valence-corrected chi connectivity index (χ0v) is 23.7. The fourth-order valence-electron chi connectivity index (χ4n) is 3.62. The lowest BCUT2D eigenvalue weighted by Crippen LogP contribution is -2.55. The number of hydrogen-bond donors (Lipinski definition) is 1. The number of carbonyl (C=O) groups is 2. The zero-order chi connectivity index (χ0) is 27.3. The standard InChI is InChI=1S/C25H33Cl2N3O5S/c1-7-21(24(32)28-25(2,3)4)29(15-17-9-8-10-19(13-17)35-5)23(31)16-30(36(6,33)34)22-12-11-18(26)14-20(22)27/h8-14,21H,7,15-16H2,1-6H3,(H,28,32)/t21-/m0/s1.